The number of benzene rings is 2. The van der Waals surface area contributed by atoms with E-state index in [9.17, 15) is 9.18 Å². The quantitative estimate of drug-likeness (QED) is 0.359. The second-order valence-corrected chi connectivity index (χ2v) is 9.66. The van der Waals surface area contributed by atoms with Crippen LogP contribution < -0.4 is 10.1 Å². The fourth-order valence-corrected chi connectivity index (χ4v) is 5.00. The lowest BCUT2D eigenvalue weighted by molar-refractivity contribution is -0.137. The van der Waals surface area contributed by atoms with Crippen LogP contribution in [0.1, 0.15) is 57.4 Å². The zero-order valence-electron chi connectivity index (χ0n) is 20.8. The van der Waals surface area contributed by atoms with Crippen molar-refractivity contribution in [1.29, 1.82) is 0 Å². The molecule has 1 unspecified atom stereocenters. The van der Waals surface area contributed by atoms with Gasteiger partial charge >= 0.3 is 0 Å². The van der Waals surface area contributed by atoms with Gasteiger partial charge < -0.3 is 15.0 Å². The summed E-state index contributed by atoms with van der Waals surface area (Å²) in [6, 6.07) is 14.6. The van der Waals surface area contributed by atoms with Crippen molar-refractivity contribution in [1.82, 2.24) is 9.88 Å². The summed E-state index contributed by atoms with van der Waals surface area (Å²) in [6.07, 6.45) is 9.02. The Morgan fingerprint density at radius 3 is 2.69 bits per heavy atom. The maximum absolute atomic E-state index is 13.4. The third kappa shape index (κ3) is 6.71. The normalized spacial score (nSPS) is 15.1. The van der Waals surface area contributed by atoms with Crippen molar-refractivity contribution in [2.45, 2.75) is 64.5 Å². The number of rotatable bonds is 10. The standard InChI is InChI=1S/C29H36FN3O2/c1-21(32-27-19-26(35-2)18-24-11-6-16-31-28(24)27)8-7-17-33(20-22-12-14-25(30)15-13-22)29(34)23-9-4-3-5-10-23/h6,11-16,18-19,21,23,32H,3-5,7-10,17,20H2,1-2H3. The second-order valence-electron chi connectivity index (χ2n) is 9.66. The number of fused-ring (bicyclic) bond motifs is 1. The van der Waals surface area contributed by atoms with Crippen LogP contribution >= 0.6 is 0 Å². The Morgan fingerprint density at radius 2 is 1.94 bits per heavy atom. The molecule has 1 fully saturated rings. The van der Waals surface area contributed by atoms with E-state index in [1.807, 2.05) is 29.2 Å². The van der Waals surface area contributed by atoms with E-state index in [-0.39, 0.29) is 23.7 Å². The first kappa shape index (κ1) is 25.0. The molecular formula is C29H36FN3O2. The monoisotopic (exact) mass is 477 g/mol. The van der Waals surface area contributed by atoms with Gasteiger partial charge in [-0.3, -0.25) is 9.78 Å². The molecule has 1 atom stereocenters. The summed E-state index contributed by atoms with van der Waals surface area (Å²) in [7, 11) is 1.67. The molecule has 35 heavy (non-hydrogen) atoms. The highest BCUT2D eigenvalue weighted by molar-refractivity contribution is 5.91. The third-order valence-electron chi connectivity index (χ3n) is 6.93. The zero-order chi connectivity index (χ0) is 24.6. The van der Waals surface area contributed by atoms with Gasteiger partial charge in [0.05, 0.1) is 18.3 Å². The SMILES string of the molecule is COc1cc(NC(C)CCCN(Cc2ccc(F)cc2)C(=O)C2CCCCC2)c2ncccc2c1. The van der Waals surface area contributed by atoms with Gasteiger partial charge in [-0.1, -0.05) is 37.5 Å². The lowest BCUT2D eigenvalue weighted by Gasteiger charge is -2.30. The largest absolute Gasteiger partial charge is 0.497 e. The number of ether oxygens (including phenoxy) is 1. The number of methoxy groups -OCH3 is 1. The maximum Gasteiger partial charge on any atom is 0.225 e. The Balaban J connectivity index is 1.39. The van der Waals surface area contributed by atoms with Crippen LogP contribution in [0.25, 0.3) is 10.9 Å². The minimum Gasteiger partial charge on any atom is -0.497 e. The number of pyridine rings is 1. The molecule has 0 aliphatic heterocycles. The molecule has 1 aliphatic rings. The van der Waals surface area contributed by atoms with Crippen LogP contribution in [-0.4, -0.2) is 35.5 Å². The number of amides is 1. The average Bonchev–Trinajstić information content (AvgIpc) is 2.89. The Labute approximate surface area is 207 Å². The van der Waals surface area contributed by atoms with Gasteiger partial charge in [0.2, 0.25) is 5.91 Å². The highest BCUT2D eigenvalue weighted by Crippen LogP contribution is 2.29. The van der Waals surface area contributed by atoms with Crippen LogP contribution in [0.2, 0.25) is 0 Å². The van der Waals surface area contributed by atoms with Crippen molar-refractivity contribution in [3.05, 3.63) is 66.1 Å². The zero-order valence-corrected chi connectivity index (χ0v) is 20.8. The Kier molecular flexibility index (Phi) is 8.56. The predicted molar refractivity (Wildman–Crippen MR) is 139 cm³/mol. The first-order valence-electron chi connectivity index (χ1n) is 12.8. The molecule has 1 amide bonds. The summed E-state index contributed by atoms with van der Waals surface area (Å²) in [5.41, 5.74) is 2.84. The molecule has 1 aliphatic carbocycles. The topological polar surface area (TPSA) is 54.5 Å². The van der Waals surface area contributed by atoms with Gasteiger partial charge in [0.15, 0.2) is 0 Å². The predicted octanol–water partition coefficient (Wildman–Crippen LogP) is 6.57. The van der Waals surface area contributed by atoms with Crippen LogP contribution in [0.5, 0.6) is 5.75 Å². The number of halogens is 1. The van der Waals surface area contributed by atoms with Crippen LogP contribution in [-0.2, 0) is 11.3 Å². The van der Waals surface area contributed by atoms with Gasteiger partial charge in [0.1, 0.15) is 11.6 Å². The summed E-state index contributed by atoms with van der Waals surface area (Å²) in [6.45, 7) is 3.37. The van der Waals surface area contributed by atoms with E-state index in [0.717, 1.165) is 66.4 Å². The fraction of sp³-hybridized carbons (Fsp3) is 0.448. The molecule has 4 rings (SSSR count). The van der Waals surface area contributed by atoms with Gasteiger partial charge in [-0.15, -0.1) is 0 Å². The number of nitrogens with one attached hydrogen (secondary N) is 1. The summed E-state index contributed by atoms with van der Waals surface area (Å²) < 4.78 is 18.9. The van der Waals surface area contributed by atoms with Gasteiger partial charge in [0, 0.05) is 42.7 Å². The lowest BCUT2D eigenvalue weighted by Crippen LogP contribution is -2.37. The molecule has 0 bridgehead atoms. The molecule has 0 radical (unpaired) electrons. The Hall–Kier alpha value is -3.15. The van der Waals surface area contributed by atoms with E-state index < -0.39 is 0 Å². The summed E-state index contributed by atoms with van der Waals surface area (Å²) in [5.74, 6) is 0.911. The molecule has 3 aromatic rings. The highest BCUT2D eigenvalue weighted by Gasteiger charge is 2.26. The van der Waals surface area contributed by atoms with E-state index in [4.69, 9.17) is 4.74 Å². The van der Waals surface area contributed by atoms with Crippen LogP contribution in [0.15, 0.2) is 54.7 Å². The lowest BCUT2D eigenvalue weighted by atomic mass is 9.88. The molecule has 1 heterocycles. The molecule has 0 spiro atoms. The fourth-order valence-electron chi connectivity index (χ4n) is 5.00. The molecule has 6 heteroatoms. The van der Waals surface area contributed by atoms with Crippen LogP contribution in [0, 0.1) is 11.7 Å². The summed E-state index contributed by atoms with van der Waals surface area (Å²) in [5, 5.41) is 4.63. The number of carbonyl (C=O) groups is 1. The molecule has 1 N–H and O–H groups in total. The van der Waals surface area contributed by atoms with Crippen molar-refractivity contribution < 1.29 is 13.9 Å². The van der Waals surface area contributed by atoms with Crippen molar-refractivity contribution in [2.75, 3.05) is 19.0 Å². The first-order valence-corrected chi connectivity index (χ1v) is 12.8. The maximum atomic E-state index is 13.4. The van der Waals surface area contributed by atoms with Crippen molar-refractivity contribution >= 4 is 22.5 Å². The molecule has 2 aromatic carbocycles. The van der Waals surface area contributed by atoms with Crippen LogP contribution in [0.3, 0.4) is 0 Å². The van der Waals surface area contributed by atoms with E-state index in [1.54, 1.807) is 25.4 Å². The van der Waals surface area contributed by atoms with Gasteiger partial charge in [-0.2, -0.15) is 0 Å². The number of anilines is 1. The molecule has 186 valence electrons. The summed E-state index contributed by atoms with van der Waals surface area (Å²) >= 11 is 0. The van der Waals surface area contributed by atoms with E-state index >= 15 is 0 Å². The number of hydrogen-bond acceptors (Lipinski definition) is 4. The smallest absolute Gasteiger partial charge is 0.225 e. The minimum absolute atomic E-state index is 0.119. The van der Waals surface area contributed by atoms with E-state index in [2.05, 4.69) is 17.2 Å². The number of nitrogens with zero attached hydrogens (tertiary/aromatic N) is 2. The number of carbonyl (C=O) groups excluding carboxylic acids is 1. The molecule has 0 saturated heterocycles. The minimum atomic E-state index is -0.252. The Morgan fingerprint density at radius 1 is 1.17 bits per heavy atom. The van der Waals surface area contributed by atoms with Crippen LogP contribution in [0.4, 0.5) is 10.1 Å². The highest BCUT2D eigenvalue weighted by atomic mass is 19.1. The first-order chi connectivity index (χ1) is 17.0. The average molecular weight is 478 g/mol. The van der Waals surface area contributed by atoms with Crippen molar-refractivity contribution in [3.63, 3.8) is 0 Å². The van der Waals surface area contributed by atoms with Gasteiger partial charge in [-0.25, -0.2) is 4.39 Å². The Bertz CT molecular complexity index is 1110. The second kappa shape index (κ2) is 12.0. The van der Waals surface area contributed by atoms with E-state index in [1.165, 1.54) is 18.6 Å². The third-order valence-corrected chi connectivity index (χ3v) is 6.93. The van der Waals surface area contributed by atoms with Gasteiger partial charge in [0.25, 0.3) is 0 Å². The molecule has 1 aromatic heterocycles. The summed E-state index contributed by atoms with van der Waals surface area (Å²) in [4.78, 5) is 19.9. The number of aromatic nitrogens is 1. The van der Waals surface area contributed by atoms with Crippen molar-refractivity contribution in [2.24, 2.45) is 5.92 Å². The molecular weight excluding hydrogens is 441 g/mol. The van der Waals surface area contributed by atoms with Gasteiger partial charge in [-0.05, 0) is 62.4 Å². The number of hydrogen-bond donors (Lipinski definition) is 1. The van der Waals surface area contributed by atoms with Crippen molar-refractivity contribution in [3.8, 4) is 5.75 Å². The van der Waals surface area contributed by atoms with E-state index in [0.29, 0.717) is 13.1 Å². The molecule has 5 nitrogen and oxygen atoms in total. The molecule has 1 saturated carbocycles.